The molecule has 0 fully saturated rings. The fourth-order valence-electron chi connectivity index (χ4n) is 2.68. The molecule has 0 amide bonds. The molecule has 1 atom stereocenters. The van der Waals surface area contributed by atoms with Gasteiger partial charge in [0.15, 0.2) is 11.9 Å². The van der Waals surface area contributed by atoms with Crippen LogP contribution in [-0.4, -0.2) is 26.0 Å². The van der Waals surface area contributed by atoms with Gasteiger partial charge >= 0.3 is 0 Å². The molecule has 0 saturated carbocycles. The molecule has 0 radical (unpaired) electrons. The van der Waals surface area contributed by atoms with Gasteiger partial charge in [-0.25, -0.2) is 0 Å². The second-order valence-electron chi connectivity index (χ2n) is 5.46. The summed E-state index contributed by atoms with van der Waals surface area (Å²) in [5.41, 5.74) is 3.16. The quantitative estimate of drug-likeness (QED) is 0.693. The lowest BCUT2D eigenvalue weighted by atomic mass is 10.1. The molecule has 1 aromatic heterocycles. The summed E-state index contributed by atoms with van der Waals surface area (Å²) >= 11 is 1.51. The Morgan fingerprint density at radius 1 is 1.16 bits per heavy atom. The number of hydrogen-bond acceptors (Lipinski definition) is 7. The molecule has 2 N–H and O–H groups in total. The van der Waals surface area contributed by atoms with Crippen molar-refractivity contribution in [1.29, 1.82) is 0 Å². The zero-order valence-corrected chi connectivity index (χ0v) is 14.3. The number of anilines is 1. The van der Waals surface area contributed by atoms with Crippen LogP contribution in [0.1, 0.15) is 18.7 Å². The third-order valence-electron chi connectivity index (χ3n) is 3.78. The van der Waals surface area contributed by atoms with Gasteiger partial charge in [-0.3, -0.25) is 0 Å². The molecule has 0 spiro atoms. The highest BCUT2D eigenvalue weighted by atomic mass is 32.2. The number of hydrogen-bond donors (Lipinski definition) is 2. The van der Waals surface area contributed by atoms with Crippen molar-refractivity contribution < 1.29 is 9.84 Å². The van der Waals surface area contributed by atoms with Gasteiger partial charge in [0.05, 0.1) is 0 Å². The molecule has 6 nitrogen and oxygen atoms in total. The van der Waals surface area contributed by atoms with E-state index < -0.39 is 6.23 Å². The highest BCUT2D eigenvalue weighted by Crippen LogP contribution is 2.39. The Balaban J connectivity index is 1.84. The number of nitrogens with zero attached hydrogens (tertiary/aromatic N) is 3. The normalized spacial score (nSPS) is 15.3. The largest absolute Gasteiger partial charge is 0.508 e. The minimum Gasteiger partial charge on any atom is -0.508 e. The maximum Gasteiger partial charge on any atom is 0.247 e. The van der Waals surface area contributed by atoms with Crippen LogP contribution >= 0.6 is 11.8 Å². The maximum absolute atomic E-state index is 9.79. The van der Waals surface area contributed by atoms with Gasteiger partial charge in [-0.05, 0) is 24.0 Å². The van der Waals surface area contributed by atoms with Gasteiger partial charge in [0.25, 0.3) is 0 Å². The topological polar surface area (TPSA) is 80.2 Å². The molecular weight excluding hydrogens is 336 g/mol. The summed E-state index contributed by atoms with van der Waals surface area (Å²) in [7, 11) is 0. The number of benzene rings is 2. The summed E-state index contributed by atoms with van der Waals surface area (Å²) in [5, 5.41) is 22.3. The molecular formula is C18H16N4O2S. The van der Waals surface area contributed by atoms with Crippen LogP contribution in [0.2, 0.25) is 0 Å². The molecule has 25 heavy (non-hydrogen) atoms. The lowest BCUT2D eigenvalue weighted by Gasteiger charge is -2.19. The number of phenolic OH excluding ortho intramolecular Hbond substituents is 1. The summed E-state index contributed by atoms with van der Waals surface area (Å²) < 4.78 is 6.12. The van der Waals surface area contributed by atoms with Crippen LogP contribution in [0.15, 0.2) is 53.7 Å². The number of rotatable bonds is 3. The molecule has 2 heterocycles. The SMILES string of the molecule is CCSc1nnc2c(n1)OC(c1cccc(O)c1)Nc1ccccc1-2. The fourth-order valence-corrected chi connectivity index (χ4v) is 3.18. The van der Waals surface area contributed by atoms with Crippen LogP contribution in [0.4, 0.5) is 5.69 Å². The average molecular weight is 352 g/mol. The molecule has 0 aliphatic carbocycles. The Morgan fingerprint density at radius 2 is 2.04 bits per heavy atom. The zero-order valence-electron chi connectivity index (χ0n) is 13.5. The van der Waals surface area contributed by atoms with E-state index in [1.54, 1.807) is 18.2 Å². The smallest absolute Gasteiger partial charge is 0.247 e. The highest BCUT2D eigenvalue weighted by Gasteiger charge is 2.26. The Kier molecular flexibility index (Phi) is 4.15. The first-order chi connectivity index (χ1) is 12.2. The molecule has 0 bridgehead atoms. The number of phenols is 1. The Labute approximate surface area is 149 Å². The van der Waals surface area contributed by atoms with Gasteiger partial charge < -0.3 is 15.2 Å². The van der Waals surface area contributed by atoms with Crippen LogP contribution in [0, 0.1) is 0 Å². The van der Waals surface area contributed by atoms with E-state index in [0.717, 1.165) is 22.6 Å². The highest BCUT2D eigenvalue weighted by molar-refractivity contribution is 7.99. The van der Waals surface area contributed by atoms with Crippen molar-refractivity contribution in [3.8, 4) is 22.9 Å². The van der Waals surface area contributed by atoms with Crippen LogP contribution in [0.3, 0.4) is 0 Å². The van der Waals surface area contributed by atoms with Gasteiger partial charge in [-0.2, -0.15) is 4.98 Å². The van der Waals surface area contributed by atoms with Crippen molar-refractivity contribution in [2.24, 2.45) is 0 Å². The lowest BCUT2D eigenvalue weighted by Crippen LogP contribution is -2.17. The van der Waals surface area contributed by atoms with Gasteiger partial charge in [0.2, 0.25) is 11.0 Å². The average Bonchev–Trinajstić information content (AvgIpc) is 2.78. The summed E-state index contributed by atoms with van der Waals surface area (Å²) in [4.78, 5) is 4.52. The Bertz CT molecular complexity index is 919. The summed E-state index contributed by atoms with van der Waals surface area (Å²) in [6.45, 7) is 2.03. The predicted octanol–water partition coefficient (Wildman–Crippen LogP) is 3.86. The molecule has 1 unspecified atom stereocenters. The first-order valence-electron chi connectivity index (χ1n) is 7.93. The van der Waals surface area contributed by atoms with E-state index in [0.29, 0.717) is 16.7 Å². The number of thioether (sulfide) groups is 1. The number of fused-ring (bicyclic) bond motifs is 3. The van der Waals surface area contributed by atoms with Crippen molar-refractivity contribution in [3.63, 3.8) is 0 Å². The minimum absolute atomic E-state index is 0.184. The van der Waals surface area contributed by atoms with Crippen molar-refractivity contribution in [2.45, 2.75) is 18.3 Å². The van der Waals surface area contributed by atoms with Crippen molar-refractivity contribution in [1.82, 2.24) is 15.2 Å². The predicted molar refractivity (Wildman–Crippen MR) is 96.8 cm³/mol. The van der Waals surface area contributed by atoms with E-state index in [9.17, 15) is 5.11 Å². The van der Waals surface area contributed by atoms with Crippen LogP contribution in [0.5, 0.6) is 11.6 Å². The van der Waals surface area contributed by atoms with Crippen molar-refractivity contribution in [2.75, 3.05) is 11.1 Å². The first-order valence-corrected chi connectivity index (χ1v) is 8.92. The monoisotopic (exact) mass is 352 g/mol. The van der Waals surface area contributed by atoms with Crippen LogP contribution in [-0.2, 0) is 0 Å². The molecule has 3 aromatic rings. The van der Waals surface area contributed by atoms with Gasteiger partial charge in [0, 0.05) is 16.8 Å². The van der Waals surface area contributed by atoms with Crippen LogP contribution < -0.4 is 10.1 Å². The number of aromatic hydroxyl groups is 1. The molecule has 1 aliphatic heterocycles. The molecule has 0 saturated heterocycles. The Hall–Kier alpha value is -2.80. The zero-order chi connectivity index (χ0) is 17.2. The number of ether oxygens (including phenoxy) is 1. The van der Waals surface area contributed by atoms with Crippen LogP contribution in [0.25, 0.3) is 11.3 Å². The lowest BCUT2D eigenvalue weighted by molar-refractivity contribution is 0.225. The van der Waals surface area contributed by atoms with E-state index >= 15 is 0 Å². The van der Waals surface area contributed by atoms with Gasteiger partial charge in [-0.1, -0.05) is 49.0 Å². The standard InChI is InChI=1S/C18H16N4O2S/c1-2-25-18-20-17-15(21-22-18)13-8-3-4-9-14(13)19-16(24-17)11-6-5-7-12(23)10-11/h3-10,16,19,23H,2H2,1H3. The minimum atomic E-state index is -0.495. The molecule has 126 valence electrons. The van der Waals surface area contributed by atoms with E-state index in [1.165, 1.54) is 11.8 Å². The summed E-state index contributed by atoms with van der Waals surface area (Å²) in [5.74, 6) is 1.46. The van der Waals surface area contributed by atoms with E-state index in [1.807, 2.05) is 37.3 Å². The van der Waals surface area contributed by atoms with E-state index in [-0.39, 0.29) is 5.75 Å². The number of para-hydroxylation sites is 1. The molecule has 1 aliphatic rings. The maximum atomic E-state index is 9.79. The van der Waals surface area contributed by atoms with Crippen molar-refractivity contribution >= 4 is 17.4 Å². The first kappa shape index (κ1) is 15.7. The van der Waals surface area contributed by atoms with Gasteiger partial charge in [0.1, 0.15) is 5.75 Å². The van der Waals surface area contributed by atoms with E-state index in [4.69, 9.17) is 4.74 Å². The number of aromatic nitrogens is 3. The summed E-state index contributed by atoms with van der Waals surface area (Å²) in [6.07, 6.45) is -0.495. The second kappa shape index (κ2) is 6.60. The van der Waals surface area contributed by atoms with E-state index in [2.05, 4.69) is 20.5 Å². The van der Waals surface area contributed by atoms with Gasteiger partial charge in [-0.15, -0.1) is 10.2 Å². The van der Waals surface area contributed by atoms with Crippen molar-refractivity contribution in [3.05, 3.63) is 54.1 Å². The molecule has 7 heteroatoms. The molecule has 2 aromatic carbocycles. The summed E-state index contributed by atoms with van der Waals surface area (Å²) in [6, 6.07) is 14.8. The second-order valence-corrected chi connectivity index (χ2v) is 6.70. The third kappa shape index (κ3) is 3.10. The third-order valence-corrected chi connectivity index (χ3v) is 4.50. The number of nitrogens with one attached hydrogen (secondary N) is 1. The Morgan fingerprint density at radius 3 is 2.88 bits per heavy atom. The fraction of sp³-hybridized carbons (Fsp3) is 0.167. The molecule has 4 rings (SSSR count).